The molecule has 1 aromatic heterocycles. The molecule has 2 aromatic rings. The van der Waals surface area contributed by atoms with Gasteiger partial charge in [-0.3, -0.25) is 14.8 Å². The molecule has 0 saturated carbocycles. The van der Waals surface area contributed by atoms with E-state index >= 15 is 0 Å². The van der Waals surface area contributed by atoms with Crippen molar-refractivity contribution in [1.82, 2.24) is 9.55 Å². The van der Waals surface area contributed by atoms with Crippen molar-refractivity contribution in [2.75, 3.05) is 0 Å². The smallest absolute Gasteiger partial charge is 0.335 e. The fraction of sp³-hybridized carbons (Fsp3) is 0.0625. The number of aryl methyl sites for hydroxylation is 1. The summed E-state index contributed by atoms with van der Waals surface area (Å²) in [5, 5.41) is 10.9. The third-order valence-electron chi connectivity index (χ3n) is 3.40. The van der Waals surface area contributed by atoms with Gasteiger partial charge in [0.2, 0.25) is 5.88 Å². The number of aromatic amines is 1. The van der Waals surface area contributed by atoms with Gasteiger partial charge in [-0.05, 0) is 42.8 Å². The average Bonchev–Trinajstić information content (AvgIpc) is 3.00. The number of halogens is 1. The van der Waals surface area contributed by atoms with Crippen molar-refractivity contribution in [2.45, 2.75) is 6.92 Å². The van der Waals surface area contributed by atoms with Crippen LogP contribution in [0, 0.1) is 6.92 Å². The predicted molar refractivity (Wildman–Crippen MR) is 89.7 cm³/mol. The topological polar surface area (TPSA) is 87.4 Å². The molecule has 0 amide bonds. The second-order valence-corrected chi connectivity index (χ2v) is 5.38. The Hall–Kier alpha value is -2.86. The van der Waals surface area contributed by atoms with Gasteiger partial charge in [-0.2, -0.15) is 0 Å². The molecule has 1 aliphatic rings. The van der Waals surface area contributed by atoms with E-state index in [1.165, 1.54) is 6.08 Å². The zero-order valence-corrected chi connectivity index (χ0v) is 12.8. The fourth-order valence-electron chi connectivity index (χ4n) is 2.18. The molecular formula is C16H12ClN3O3. The summed E-state index contributed by atoms with van der Waals surface area (Å²) < 4.78 is 0.988. The molecule has 0 radical (unpaired) electrons. The maximum Gasteiger partial charge on any atom is 0.335 e. The first kappa shape index (κ1) is 15.1. The molecule has 0 unspecified atom stereocenters. The van der Waals surface area contributed by atoms with Gasteiger partial charge in [0.25, 0.3) is 5.56 Å². The van der Waals surface area contributed by atoms with Crippen molar-refractivity contribution in [2.24, 2.45) is 4.99 Å². The highest BCUT2D eigenvalue weighted by molar-refractivity contribution is 6.31. The van der Waals surface area contributed by atoms with Crippen LogP contribution in [0.4, 0.5) is 0 Å². The Labute approximate surface area is 135 Å². The van der Waals surface area contributed by atoms with E-state index in [1.54, 1.807) is 36.6 Å². The number of aliphatic imine (C=N–C) groups is 1. The lowest BCUT2D eigenvalue weighted by Gasteiger charge is -2.11. The molecule has 0 saturated heterocycles. The third kappa shape index (κ3) is 2.76. The lowest BCUT2D eigenvalue weighted by atomic mass is 10.2. The molecular weight excluding hydrogens is 318 g/mol. The van der Waals surface area contributed by atoms with Gasteiger partial charge in [0.15, 0.2) is 0 Å². The summed E-state index contributed by atoms with van der Waals surface area (Å²) in [4.78, 5) is 30.3. The highest BCUT2D eigenvalue weighted by atomic mass is 35.5. The minimum Gasteiger partial charge on any atom is -0.494 e. The summed E-state index contributed by atoms with van der Waals surface area (Å²) in [7, 11) is 0. The SMILES string of the molecule is Cc1ccc(-n2c(O)c(/C=C3/C=CC=N3)c(=O)[nH]c2=O)cc1Cl. The summed E-state index contributed by atoms with van der Waals surface area (Å²) in [5.41, 5.74) is 0.188. The molecule has 0 fully saturated rings. The van der Waals surface area contributed by atoms with Gasteiger partial charge in [0, 0.05) is 11.2 Å². The maximum absolute atomic E-state index is 12.1. The lowest BCUT2D eigenvalue weighted by molar-refractivity contribution is 0.429. The van der Waals surface area contributed by atoms with Gasteiger partial charge in [-0.1, -0.05) is 17.7 Å². The van der Waals surface area contributed by atoms with Crippen molar-refractivity contribution in [3.63, 3.8) is 0 Å². The molecule has 0 atom stereocenters. The van der Waals surface area contributed by atoms with Crippen LogP contribution in [-0.2, 0) is 0 Å². The summed E-state index contributed by atoms with van der Waals surface area (Å²) >= 11 is 6.07. The van der Waals surface area contributed by atoms with E-state index in [1.807, 2.05) is 6.92 Å². The summed E-state index contributed by atoms with van der Waals surface area (Å²) in [6.07, 6.45) is 6.34. The van der Waals surface area contributed by atoms with Crippen molar-refractivity contribution in [3.05, 3.63) is 73.0 Å². The van der Waals surface area contributed by atoms with E-state index in [0.717, 1.165) is 10.1 Å². The van der Waals surface area contributed by atoms with E-state index < -0.39 is 17.1 Å². The summed E-state index contributed by atoms with van der Waals surface area (Å²) in [6.45, 7) is 1.82. The first-order valence-electron chi connectivity index (χ1n) is 6.74. The van der Waals surface area contributed by atoms with E-state index in [0.29, 0.717) is 16.4 Å². The van der Waals surface area contributed by atoms with Crippen LogP contribution in [0.2, 0.25) is 5.02 Å². The summed E-state index contributed by atoms with van der Waals surface area (Å²) in [5.74, 6) is -0.471. The Kier molecular flexibility index (Phi) is 3.75. The van der Waals surface area contributed by atoms with Crippen molar-refractivity contribution in [1.29, 1.82) is 0 Å². The van der Waals surface area contributed by atoms with E-state index in [2.05, 4.69) is 9.98 Å². The van der Waals surface area contributed by atoms with E-state index in [9.17, 15) is 14.7 Å². The Balaban J connectivity index is 2.25. The molecule has 2 heterocycles. The maximum atomic E-state index is 12.1. The Morgan fingerprint density at radius 2 is 2.13 bits per heavy atom. The highest BCUT2D eigenvalue weighted by Gasteiger charge is 2.15. The minimum absolute atomic E-state index is 0.0556. The van der Waals surface area contributed by atoms with Gasteiger partial charge in [-0.15, -0.1) is 0 Å². The zero-order valence-electron chi connectivity index (χ0n) is 12.1. The van der Waals surface area contributed by atoms with Crippen LogP contribution in [0.15, 0.2) is 50.6 Å². The predicted octanol–water partition coefficient (Wildman–Crippen LogP) is 2.17. The lowest BCUT2D eigenvalue weighted by Crippen LogP contribution is -2.30. The van der Waals surface area contributed by atoms with Crippen LogP contribution < -0.4 is 11.2 Å². The zero-order chi connectivity index (χ0) is 16.6. The van der Waals surface area contributed by atoms with E-state index in [4.69, 9.17) is 11.6 Å². The number of H-pyrrole nitrogens is 1. The van der Waals surface area contributed by atoms with Gasteiger partial charge in [0.1, 0.15) is 5.56 Å². The van der Waals surface area contributed by atoms with Crippen LogP contribution in [0.5, 0.6) is 5.88 Å². The first-order chi connectivity index (χ1) is 11.0. The Morgan fingerprint density at radius 3 is 2.78 bits per heavy atom. The average molecular weight is 330 g/mol. The highest BCUT2D eigenvalue weighted by Crippen LogP contribution is 2.23. The van der Waals surface area contributed by atoms with Gasteiger partial charge in [0.05, 0.1) is 11.4 Å². The molecule has 0 bridgehead atoms. The molecule has 1 aliphatic heterocycles. The van der Waals surface area contributed by atoms with Crippen LogP contribution in [-0.4, -0.2) is 20.9 Å². The van der Waals surface area contributed by atoms with Crippen molar-refractivity contribution in [3.8, 4) is 11.6 Å². The number of aromatic hydroxyl groups is 1. The van der Waals surface area contributed by atoms with Crippen LogP contribution in [0.25, 0.3) is 11.8 Å². The van der Waals surface area contributed by atoms with Gasteiger partial charge >= 0.3 is 5.69 Å². The quantitative estimate of drug-likeness (QED) is 0.885. The van der Waals surface area contributed by atoms with Crippen LogP contribution in [0.3, 0.4) is 0 Å². The van der Waals surface area contributed by atoms with Crippen LogP contribution in [0.1, 0.15) is 11.1 Å². The molecule has 6 nitrogen and oxygen atoms in total. The molecule has 23 heavy (non-hydrogen) atoms. The second-order valence-electron chi connectivity index (χ2n) is 4.97. The Morgan fingerprint density at radius 1 is 1.35 bits per heavy atom. The van der Waals surface area contributed by atoms with Crippen molar-refractivity contribution >= 4 is 23.9 Å². The normalized spacial score (nSPS) is 14.8. The summed E-state index contributed by atoms with van der Waals surface area (Å²) in [6, 6.07) is 4.89. The number of hydrogen-bond donors (Lipinski definition) is 2. The standard InChI is InChI=1S/C16H12ClN3O3/c1-9-4-5-11(8-13(9)17)20-15(22)12(14(21)19-16(20)23)7-10-3-2-6-18-10/h2-8,22H,1H3,(H,19,21,23)/b10-7-. The first-order valence-corrected chi connectivity index (χ1v) is 7.12. The monoisotopic (exact) mass is 329 g/mol. The number of rotatable bonds is 2. The molecule has 0 spiro atoms. The molecule has 2 N–H and O–H groups in total. The number of nitrogens with one attached hydrogen (secondary N) is 1. The van der Waals surface area contributed by atoms with Gasteiger partial charge in [-0.25, -0.2) is 9.36 Å². The van der Waals surface area contributed by atoms with Crippen LogP contribution >= 0.6 is 11.6 Å². The fourth-order valence-corrected chi connectivity index (χ4v) is 2.35. The number of nitrogens with zero attached hydrogens (tertiary/aromatic N) is 2. The van der Waals surface area contributed by atoms with Crippen molar-refractivity contribution < 1.29 is 5.11 Å². The van der Waals surface area contributed by atoms with E-state index in [-0.39, 0.29) is 5.56 Å². The molecule has 3 rings (SSSR count). The molecule has 0 aliphatic carbocycles. The number of allylic oxidation sites excluding steroid dienone is 2. The molecule has 116 valence electrons. The largest absolute Gasteiger partial charge is 0.494 e. The number of benzene rings is 1. The third-order valence-corrected chi connectivity index (χ3v) is 3.81. The second kappa shape index (κ2) is 5.73. The Bertz CT molecular complexity index is 983. The minimum atomic E-state index is -0.750. The molecule has 7 heteroatoms. The number of hydrogen-bond acceptors (Lipinski definition) is 4. The van der Waals surface area contributed by atoms with Gasteiger partial charge < -0.3 is 5.11 Å². The number of aromatic nitrogens is 2. The molecule has 1 aromatic carbocycles.